The molecule has 1 aliphatic heterocycles. The Labute approximate surface area is 103 Å². The fourth-order valence-electron chi connectivity index (χ4n) is 2.08. The molecule has 0 amide bonds. The van der Waals surface area contributed by atoms with E-state index in [0.29, 0.717) is 11.2 Å². The van der Waals surface area contributed by atoms with Crippen LogP contribution < -0.4 is 0 Å². The molecule has 5 nitrogen and oxygen atoms in total. The molecule has 0 bridgehead atoms. The Morgan fingerprint density at radius 3 is 2.94 bits per heavy atom. The minimum atomic E-state index is -0.755. The molecule has 0 aliphatic carbocycles. The molecule has 2 aromatic heterocycles. The van der Waals surface area contributed by atoms with Crippen LogP contribution in [0.25, 0.3) is 11.2 Å². The van der Waals surface area contributed by atoms with Gasteiger partial charge in [-0.15, -0.1) is 0 Å². The summed E-state index contributed by atoms with van der Waals surface area (Å²) in [5.41, 5.74) is 2.04. The third kappa shape index (κ3) is 1.60. The van der Waals surface area contributed by atoms with Crippen LogP contribution in [-0.4, -0.2) is 25.6 Å². The lowest BCUT2D eigenvalue weighted by Gasteiger charge is -2.14. The minimum absolute atomic E-state index is 0.185. The van der Waals surface area contributed by atoms with E-state index in [9.17, 15) is 4.39 Å². The van der Waals surface area contributed by atoms with Gasteiger partial charge in [0.05, 0.1) is 18.1 Å². The maximum absolute atomic E-state index is 13.9. The highest BCUT2D eigenvalue weighted by Crippen LogP contribution is 2.32. The van der Waals surface area contributed by atoms with Crippen molar-refractivity contribution < 1.29 is 9.13 Å². The number of rotatable bonds is 2. The second-order valence-electron chi connectivity index (χ2n) is 4.27. The zero-order valence-electron chi connectivity index (χ0n) is 10.2. The molecule has 0 spiro atoms. The molecule has 2 aromatic rings. The molecule has 0 saturated carbocycles. The van der Waals surface area contributed by atoms with Gasteiger partial charge in [-0.3, -0.25) is 4.57 Å². The summed E-state index contributed by atoms with van der Waals surface area (Å²) in [7, 11) is 0. The quantitative estimate of drug-likeness (QED) is 0.818. The van der Waals surface area contributed by atoms with Gasteiger partial charge in [-0.25, -0.2) is 19.3 Å². The largest absolute Gasteiger partial charge is 0.344 e. The molecule has 18 heavy (non-hydrogen) atoms. The van der Waals surface area contributed by atoms with E-state index in [1.54, 1.807) is 10.9 Å². The summed E-state index contributed by atoms with van der Waals surface area (Å²) >= 11 is 0. The third-order valence-corrected chi connectivity index (χ3v) is 3.08. The number of halogens is 1. The van der Waals surface area contributed by atoms with Gasteiger partial charge in [-0.2, -0.15) is 0 Å². The van der Waals surface area contributed by atoms with Crippen LogP contribution in [0.1, 0.15) is 25.3 Å². The lowest BCUT2D eigenvalue weighted by atomic mass is 10.3. The van der Waals surface area contributed by atoms with Crippen molar-refractivity contribution in [2.24, 2.45) is 0 Å². The lowest BCUT2D eigenvalue weighted by Crippen LogP contribution is -2.12. The highest BCUT2D eigenvalue weighted by atomic mass is 19.1. The van der Waals surface area contributed by atoms with Gasteiger partial charge in [0.15, 0.2) is 11.9 Å². The van der Waals surface area contributed by atoms with E-state index in [1.165, 1.54) is 12.4 Å². The second kappa shape index (κ2) is 4.13. The fourth-order valence-corrected chi connectivity index (χ4v) is 2.08. The normalized spacial score (nSPS) is 23.6. The second-order valence-corrected chi connectivity index (χ2v) is 4.27. The summed E-state index contributed by atoms with van der Waals surface area (Å²) in [6.07, 6.45) is 4.30. The summed E-state index contributed by atoms with van der Waals surface area (Å²) in [5.74, 6) is -0.294. The molecule has 0 fully saturated rings. The molecule has 3 rings (SSSR count). The lowest BCUT2D eigenvalue weighted by molar-refractivity contribution is 0.00484. The van der Waals surface area contributed by atoms with Crippen molar-refractivity contribution in [3.63, 3.8) is 0 Å². The van der Waals surface area contributed by atoms with Crippen LogP contribution in [-0.2, 0) is 4.74 Å². The van der Waals surface area contributed by atoms with Crippen molar-refractivity contribution in [3.05, 3.63) is 30.3 Å². The predicted molar refractivity (Wildman–Crippen MR) is 63.5 cm³/mol. The van der Waals surface area contributed by atoms with Gasteiger partial charge in [-0.05, 0) is 19.4 Å². The Morgan fingerprint density at radius 2 is 2.22 bits per heavy atom. The van der Waals surface area contributed by atoms with Gasteiger partial charge in [0.1, 0.15) is 17.7 Å². The zero-order valence-corrected chi connectivity index (χ0v) is 10.2. The van der Waals surface area contributed by atoms with E-state index < -0.39 is 6.23 Å². The van der Waals surface area contributed by atoms with Gasteiger partial charge < -0.3 is 4.74 Å². The van der Waals surface area contributed by atoms with Gasteiger partial charge in [0, 0.05) is 0 Å². The summed E-state index contributed by atoms with van der Waals surface area (Å²) < 4.78 is 21.1. The van der Waals surface area contributed by atoms with E-state index in [-0.39, 0.29) is 11.9 Å². The molecular weight excluding hydrogens is 235 g/mol. The Kier molecular flexibility index (Phi) is 2.59. The Balaban J connectivity index is 2.06. The molecule has 1 aliphatic rings. The maximum Gasteiger partial charge on any atom is 0.189 e. The molecule has 0 saturated heterocycles. The van der Waals surface area contributed by atoms with Gasteiger partial charge in [0.25, 0.3) is 0 Å². The standard InChI is InChI=1S/C12H13FN4O/c1-3-8-4-9(13)12(18-8)17-6-16-10-7(2)14-5-15-11(10)17/h4-6,8,12H,3H2,1-2H3/t8-,12+/m0/s1. The molecule has 2 atom stereocenters. The first-order valence-corrected chi connectivity index (χ1v) is 5.87. The average Bonchev–Trinajstić information content (AvgIpc) is 2.93. The monoisotopic (exact) mass is 248 g/mol. The van der Waals surface area contributed by atoms with Gasteiger partial charge in [-0.1, -0.05) is 6.92 Å². The molecule has 3 heterocycles. The van der Waals surface area contributed by atoms with E-state index in [4.69, 9.17) is 4.74 Å². The summed E-state index contributed by atoms with van der Waals surface area (Å²) in [6.45, 7) is 3.80. The van der Waals surface area contributed by atoms with Crippen molar-refractivity contribution in [1.29, 1.82) is 0 Å². The molecule has 94 valence electrons. The number of nitrogens with zero attached hydrogens (tertiary/aromatic N) is 4. The van der Waals surface area contributed by atoms with Crippen LogP contribution in [0.5, 0.6) is 0 Å². The zero-order chi connectivity index (χ0) is 12.7. The highest BCUT2D eigenvalue weighted by Gasteiger charge is 2.29. The number of hydrogen-bond acceptors (Lipinski definition) is 4. The molecule has 0 unspecified atom stereocenters. The van der Waals surface area contributed by atoms with E-state index in [1.807, 2.05) is 13.8 Å². The van der Waals surface area contributed by atoms with Crippen molar-refractivity contribution in [2.75, 3.05) is 0 Å². The number of aryl methyl sites for hydroxylation is 1. The summed E-state index contributed by atoms with van der Waals surface area (Å²) in [6, 6.07) is 0. The molecule has 0 radical (unpaired) electrons. The topological polar surface area (TPSA) is 52.8 Å². The predicted octanol–water partition coefficient (Wildman–Crippen LogP) is 2.30. The molecular formula is C12H13FN4O. The van der Waals surface area contributed by atoms with Crippen molar-refractivity contribution in [3.8, 4) is 0 Å². The van der Waals surface area contributed by atoms with Crippen LogP contribution in [0.2, 0.25) is 0 Å². The fraction of sp³-hybridized carbons (Fsp3) is 0.417. The Hall–Kier alpha value is -1.82. The summed E-state index contributed by atoms with van der Waals surface area (Å²) in [4.78, 5) is 12.4. The summed E-state index contributed by atoms with van der Waals surface area (Å²) in [5, 5.41) is 0. The molecule has 0 N–H and O–H groups in total. The van der Waals surface area contributed by atoms with Crippen LogP contribution >= 0.6 is 0 Å². The van der Waals surface area contributed by atoms with Gasteiger partial charge >= 0.3 is 0 Å². The first kappa shape index (κ1) is 11.3. The highest BCUT2D eigenvalue weighted by molar-refractivity contribution is 5.72. The van der Waals surface area contributed by atoms with E-state index >= 15 is 0 Å². The Morgan fingerprint density at radius 1 is 1.39 bits per heavy atom. The van der Waals surface area contributed by atoms with Crippen LogP contribution in [0.3, 0.4) is 0 Å². The third-order valence-electron chi connectivity index (χ3n) is 3.08. The Bertz CT molecular complexity index is 622. The van der Waals surface area contributed by atoms with Crippen molar-refractivity contribution in [1.82, 2.24) is 19.5 Å². The van der Waals surface area contributed by atoms with Gasteiger partial charge in [0.2, 0.25) is 0 Å². The average molecular weight is 248 g/mol. The number of aromatic nitrogens is 4. The SMILES string of the molecule is CC[C@H]1C=C(F)[C@H](n2cnc3c(C)ncnc32)O1. The molecule has 6 heteroatoms. The van der Waals surface area contributed by atoms with Crippen molar-refractivity contribution in [2.45, 2.75) is 32.6 Å². The van der Waals surface area contributed by atoms with E-state index in [2.05, 4.69) is 15.0 Å². The van der Waals surface area contributed by atoms with Crippen molar-refractivity contribution >= 4 is 11.2 Å². The number of ether oxygens (including phenoxy) is 1. The number of hydrogen-bond donors (Lipinski definition) is 0. The minimum Gasteiger partial charge on any atom is -0.344 e. The van der Waals surface area contributed by atoms with E-state index in [0.717, 1.165) is 12.1 Å². The number of imidazole rings is 1. The maximum atomic E-state index is 13.9. The smallest absolute Gasteiger partial charge is 0.189 e. The first-order valence-electron chi connectivity index (χ1n) is 5.87. The first-order chi connectivity index (χ1) is 8.70. The van der Waals surface area contributed by atoms with Crippen LogP contribution in [0.15, 0.2) is 24.6 Å². The number of fused-ring (bicyclic) bond motifs is 1. The van der Waals surface area contributed by atoms with Crippen LogP contribution in [0, 0.1) is 6.92 Å². The molecule has 0 aromatic carbocycles. The van der Waals surface area contributed by atoms with Crippen LogP contribution in [0.4, 0.5) is 4.39 Å².